The zero-order valence-corrected chi connectivity index (χ0v) is 6.30. The Labute approximate surface area is 126 Å². The van der Waals surface area contributed by atoms with Gasteiger partial charge in [0, 0.05) is 17.5 Å². The molecule has 0 saturated carbocycles. The molecule has 13 heavy (non-hydrogen) atoms. The van der Waals surface area contributed by atoms with Crippen molar-refractivity contribution in [2.45, 2.75) is 0 Å². The summed E-state index contributed by atoms with van der Waals surface area (Å²) in [6.45, 7) is 0. The van der Waals surface area contributed by atoms with Crippen molar-refractivity contribution in [3.8, 4) is 0 Å². The number of hydrogen-bond acceptors (Lipinski definition) is 2. The molecule has 0 fully saturated rings. The van der Waals surface area contributed by atoms with E-state index in [9.17, 15) is 4.79 Å². The molecule has 3 nitrogen and oxygen atoms in total. The summed E-state index contributed by atoms with van der Waals surface area (Å²) in [5.74, 6) is -0.959. The van der Waals surface area contributed by atoms with Crippen LogP contribution >= 0.6 is 11.8 Å². The number of nitrogens with one attached hydrogen (secondary N) is 1. The molecule has 62 valence electrons. The van der Waals surface area contributed by atoms with Crippen LogP contribution in [0.5, 0.6) is 0 Å². The van der Waals surface area contributed by atoms with Crippen LogP contribution in [0.25, 0.3) is 0 Å². The van der Waals surface area contributed by atoms with E-state index in [1.807, 2.05) is 0 Å². The van der Waals surface area contributed by atoms with Crippen molar-refractivity contribution < 1.29 is 9.90 Å². The van der Waals surface area contributed by atoms with E-state index in [1.165, 1.54) is 12.1 Å². The van der Waals surface area contributed by atoms with Crippen LogP contribution in [-0.2, 0) is 0 Å². The monoisotopic (exact) mass is 219 g/mol. The number of rotatable bonds is 2. The molecule has 1 aromatic carbocycles. The zero-order chi connectivity index (χ0) is 8.27. The summed E-state index contributed by atoms with van der Waals surface area (Å²) in [6, 6.07) is 6.25. The second-order valence-electron chi connectivity index (χ2n) is 1.98. The van der Waals surface area contributed by atoms with E-state index in [0.29, 0.717) is 5.69 Å². The molecule has 0 spiro atoms. The first kappa shape index (κ1) is 16.2. The number of carboxylic acids is 1. The summed E-state index contributed by atoms with van der Waals surface area (Å²) < 4.78 is 0. The third-order valence-electron chi connectivity index (χ3n) is 1.22. The first-order chi connectivity index (χ1) is 5.24. The number of aromatic carboxylic acids is 1. The molecule has 0 bridgehead atoms. The van der Waals surface area contributed by atoms with Crippen molar-refractivity contribution in [1.29, 1.82) is 0 Å². The molecule has 0 aliphatic heterocycles. The van der Waals surface area contributed by atoms with Gasteiger partial charge in [-0.15, -0.1) is 0 Å². The molecule has 0 heterocycles. The summed E-state index contributed by atoms with van der Waals surface area (Å²) in [4.78, 5) is 12.7. The molecular formula is C7H8ClNNa2O2. The summed E-state index contributed by atoms with van der Waals surface area (Å²) in [5, 5.41) is 8.53. The third kappa shape index (κ3) is 5.27. The van der Waals surface area contributed by atoms with Crippen molar-refractivity contribution in [2.75, 3.05) is 4.84 Å². The van der Waals surface area contributed by atoms with Crippen LogP contribution < -0.4 is 4.84 Å². The normalized spacial score (nSPS) is 7.77. The summed E-state index contributed by atoms with van der Waals surface area (Å²) >= 11 is 5.26. The van der Waals surface area contributed by atoms with Crippen molar-refractivity contribution in [3.63, 3.8) is 0 Å². The maximum absolute atomic E-state index is 10.4. The quantitative estimate of drug-likeness (QED) is 0.567. The Hall–Kier alpha value is 0.780. The number of halogens is 1. The Morgan fingerprint density at radius 1 is 1.38 bits per heavy atom. The van der Waals surface area contributed by atoms with Crippen LogP contribution in [0.2, 0.25) is 0 Å². The Morgan fingerprint density at radius 3 is 2.46 bits per heavy atom. The molecule has 6 heteroatoms. The third-order valence-corrected chi connectivity index (χ3v) is 1.44. The van der Waals surface area contributed by atoms with E-state index in [-0.39, 0.29) is 64.7 Å². The van der Waals surface area contributed by atoms with Crippen molar-refractivity contribution >= 4 is 82.5 Å². The van der Waals surface area contributed by atoms with Gasteiger partial charge in [0.1, 0.15) is 0 Å². The Kier molecular flexibility index (Phi) is 10.1. The topological polar surface area (TPSA) is 49.3 Å². The first-order valence-corrected chi connectivity index (χ1v) is 3.32. The number of carbonyl (C=O) groups is 1. The summed E-state index contributed by atoms with van der Waals surface area (Å²) in [6.07, 6.45) is 0. The first-order valence-electron chi connectivity index (χ1n) is 2.94. The van der Waals surface area contributed by atoms with Crippen molar-refractivity contribution in [2.24, 2.45) is 0 Å². The summed E-state index contributed by atoms with van der Waals surface area (Å²) in [5.41, 5.74) is 0.794. The van der Waals surface area contributed by atoms with E-state index in [0.717, 1.165) is 0 Å². The summed E-state index contributed by atoms with van der Waals surface area (Å²) in [7, 11) is 0. The fraction of sp³-hybridized carbons (Fsp3) is 0. The molecule has 0 aliphatic carbocycles. The maximum atomic E-state index is 10.4. The van der Waals surface area contributed by atoms with Crippen molar-refractivity contribution in [1.82, 2.24) is 0 Å². The standard InChI is InChI=1S/C7H6ClNO2.2Na.2H/c8-9-6-3-1-2-5(4-6)7(10)11;;;;/h1-4,9H,(H,10,11);;;;. The van der Waals surface area contributed by atoms with Gasteiger partial charge in [0.15, 0.2) is 0 Å². The molecule has 0 atom stereocenters. The Balaban J connectivity index is 0. The second-order valence-corrected chi connectivity index (χ2v) is 2.17. The minimum atomic E-state index is -0.959. The van der Waals surface area contributed by atoms with Crippen LogP contribution in [0.4, 0.5) is 5.69 Å². The van der Waals surface area contributed by atoms with Gasteiger partial charge in [-0.25, -0.2) is 4.79 Å². The van der Waals surface area contributed by atoms with Gasteiger partial charge < -0.3 is 5.11 Å². The molecule has 0 unspecified atom stereocenters. The van der Waals surface area contributed by atoms with E-state index in [2.05, 4.69) is 4.84 Å². The molecule has 2 N–H and O–H groups in total. The molecular weight excluding hydrogens is 212 g/mol. The van der Waals surface area contributed by atoms with E-state index in [1.54, 1.807) is 12.1 Å². The predicted octanol–water partition coefficient (Wildman–Crippen LogP) is 0.653. The number of benzene rings is 1. The van der Waals surface area contributed by atoms with Crippen LogP contribution in [0, 0.1) is 0 Å². The second kappa shape index (κ2) is 8.12. The molecule has 0 aromatic heterocycles. The fourth-order valence-corrected chi connectivity index (χ4v) is 0.829. The fourth-order valence-electron chi connectivity index (χ4n) is 0.711. The number of anilines is 1. The molecule has 1 rings (SSSR count). The van der Waals surface area contributed by atoms with E-state index >= 15 is 0 Å². The SMILES string of the molecule is O=C(O)c1cccc(NCl)c1.[NaH].[NaH]. The Morgan fingerprint density at radius 2 is 2.00 bits per heavy atom. The average Bonchev–Trinajstić information content (AvgIpc) is 2.05. The molecule has 0 amide bonds. The molecule has 0 radical (unpaired) electrons. The van der Waals surface area contributed by atoms with Crippen LogP contribution in [-0.4, -0.2) is 70.2 Å². The van der Waals surface area contributed by atoms with Crippen LogP contribution in [0.15, 0.2) is 24.3 Å². The van der Waals surface area contributed by atoms with Gasteiger partial charge >= 0.3 is 65.1 Å². The molecule has 0 aliphatic rings. The Bertz CT molecular complexity index is 283. The minimum absolute atomic E-state index is 0. The number of hydrogen-bond donors (Lipinski definition) is 2. The van der Waals surface area contributed by atoms with Gasteiger partial charge in [-0.1, -0.05) is 6.07 Å². The van der Waals surface area contributed by atoms with Gasteiger partial charge in [-0.3, -0.25) is 4.84 Å². The van der Waals surface area contributed by atoms with Gasteiger partial charge in [-0.2, -0.15) is 0 Å². The van der Waals surface area contributed by atoms with Crippen LogP contribution in [0.1, 0.15) is 10.4 Å². The molecule has 1 aromatic rings. The van der Waals surface area contributed by atoms with Gasteiger partial charge in [0.05, 0.1) is 5.56 Å². The number of carboxylic acid groups (broad SMARTS) is 1. The average molecular weight is 220 g/mol. The van der Waals surface area contributed by atoms with Gasteiger partial charge in [0.25, 0.3) is 0 Å². The van der Waals surface area contributed by atoms with Crippen LogP contribution in [0.3, 0.4) is 0 Å². The van der Waals surface area contributed by atoms with Crippen molar-refractivity contribution in [3.05, 3.63) is 29.8 Å². The van der Waals surface area contributed by atoms with Gasteiger partial charge in [-0.05, 0) is 18.2 Å². The van der Waals surface area contributed by atoms with Gasteiger partial charge in [0.2, 0.25) is 0 Å². The zero-order valence-electron chi connectivity index (χ0n) is 5.54. The predicted molar refractivity (Wildman–Crippen MR) is 57.2 cm³/mol. The van der Waals surface area contributed by atoms with E-state index < -0.39 is 5.97 Å². The molecule has 0 saturated heterocycles. The van der Waals surface area contributed by atoms with E-state index in [4.69, 9.17) is 16.9 Å².